The van der Waals surface area contributed by atoms with Crippen LogP contribution in [0, 0.1) is 27.7 Å². The van der Waals surface area contributed by atoms with Gasteiger partial charge in [0.25, 0.3) is 0 Å². The van der Waals surface area contributed by atoms with Gasteiger partial charge in [0.05, 0.1) is 11.4 Å². The van der Waals surface area contributed by atoms with E-state index >= 15 is 0 Å². The Balaban J connectivity index is 1.63. The van der Waals surface area contributed by atoms with Crippen molar-refractivity contribution in [1.82, 2.24) is 4.98 Å². The lowest BCUT2D eigenvalue weighted by molar-refractivity contribution is -0.147. The molecule has 0 radical (unpaired) electrons. The number of amides is 1. The summed E-state index contributed by atoms with van der Waals surface area (Å²) < 4.78 is 10.9. The summed E-state index contributed by atoms with van der Waals surface area (Å²) in [6.07, 6.45) is 0. The molecule has 6 nitrogen and oxygen atoms in total. The molecule has 0 N–H and O–H groups in total. The SMILES string of the molecule is CC(=O)N(c1nc(COC(=O)COc2c(C)cccc2C)cs1)c1ccc(C)cc1C. The van der Waals surface area contributed by atoms with Crippen molar-refractivity contribution in [1.29, 1.82) is 0 Å². The van der Waals surface area contributed by atoms with Gasteiger partial charge in [-0.15, -0.1) is 11.3 Å². The number of hydrogen-bond donors (Lipinski definition) is 0. The van der Waals surface area contributed by atoms with Gasteiger partial charge in [-0.1, -0.05) is 35.9 Å². The van der Waals surface area contributed by atoms with Crippen LogP contribution in [0.1, 0.15) is 34.9 Å². The van der Waals surface area contributed by atoms with Crippen molar-refractivity contribution in [2.45, 2.75) is 41.2 Å². The van der Waals surface area contributed by atoms with Crippen molar-refractivity contribution in [3.05, 3.63) is 69.7 Å². The highest BCUT2D eigenvalue weighted by atomic mass is 32.1. The Bertz CT molecular complexity index is 1090. The third-order valence-corrected chi connectivity index (χ3v) is 5.64. The maximum atomic E-state index is 12.3. The number of anilines is 2. The molecule has 0 unspecified atom stereocenters. The molecule has 0 saturated heterocycles. The summed E-state index contributed by atoms with van der Waals surface area (Å²) >= 11 is 1.33. The number of hydrogen-bond acceptors (Lipinski definition) is 6. The lowest BCUT2D eigenvalue weighted by Gasteiger charge is -2.20. The van der Waals surface area contributed by atoms with Crippen molar-refractivity contribution in [2.75, 3.05) is 11.5 Å². The standard InChI is InChI=1S/C24H26N2O4S/c1-15-9-10-21(18(4)11-15)26(19(5)27)24-25-20(14-31-24)12-29-22(28)13-30-23-16(2)7-6-8-17(23)3/h6-11,14H,12-13H2,1-5H3. The molecule has 3 aromatic rings. The zero-order valence-electron chi connectivity index (χ0n) is 18.4. The van der Waals surface area contributed by atoms with Crippen LogP contribution >= 0.6 is 11.3 Å². The molecule has 31 heavy (non-hydrogen) atoms. The number of aromatic nitrogens is 1. The normalized spacial score (nSPS) is 10.6. The molecular formula is C24H26N2O4S. The van der Waals surface area contributed by atoms with E-state index in [1.54, 1.807) is 10.3 Å². The molecule has 0 fully saturated rings. The van der Waals surface area contributed by atoms with E-state index in [-0.39, 0.29) is 19.1 Å². The third-order valence-electron chi connectivity index (χ3n) is 4.76. The summed E-state index contributed by atoms with van der Waals surface area (Å²) in [6, 6.07) is 11.7. The Kier molecular flexibility index (Phi) is 7.07. The first-order chi connectivity index (χ1) is 14.8. The highest BCUT2D eigenvalue weighted by Crippen LogP contribution is 2.32. The van der Waals surface area contributed by atoms with Crippen molar-refractivity contribution < 1.29 is 19.1 Å². The van der Waals surface area contributed by atoms with Crippen molar-refractivity contribution in [2.24, 2.45) is 0 Å². The molecule has 7 heteroatoms. The lowest BCUT2D eigenvalue weighted by atomic mass is 10.1. The molecule has 0 aliphatic heterocycles. The maximum absolute atomic E-state index is 12.3. The van der Waals surface area contributed by atoms with Crippen LogP contribution in [-0.4, -0.2) is 23.5 Å². The molecule has 0 aliphatic carbocycles. The molecule has 3 rings (SSSR count). The van der Waals surface area contributed by atoms with E-state index in [4.69, 9.17) is 9.47 Å². The van der Waals surface area contributed by atoms with Crippen LogP contribution < -0.4 is 9.64 Å². The number of nitrogens with zero attached hydrogens (tertiary/aromatic N) is 2. The lowest BCUT2D eigenvalue weighted by Crippen LogP contribution is -2.23. The summed E-state index contributed by atoms with van der Waals surface area (Å²) in [6.45, 7) is 9.18. The smallest absolute Gasteiger partial charge is 0.344 e. The monoisotopic (exact) mass is 438 g/mol. The van der Waals surface area contributed by atoms with E-state index in [0.29, 0.717) is 16.6 Å². The summed E-state index contributed by atoms with van der Waals surface area (Å²) in [4.78, 5) is 30.5. The summed E-state index contributed by atoms with van der Waals surface area (Å²) in [5, 5.41) is 2.33. The van der Waals surface area contributed by atoms with Crippen molar-refractivity contribution in [3.8, 4) is 5.75 Å². The Morgan fingerprint density at radius 3 is 2.39 bits per heavy atom. The second-order valence-corrected chi connectivity index (χ2v) is 8.27. The first-order valence-electron chi connectivity index (χ1n) is 9.93. The topological polar surface area (TPSA) is 68.7 Å². The van der Waals surface area contributed by atoms with E-state index in [1.807, 2.05) is 64.1 Å². The fourth-order valence-electron chi connectivity index (χ4n) is 3.28. The van der Waals surface area contributed by atoms with Crippen molar-refractivity contribution in [3.63, 3.8) is 0 Å². The molecule has 2 aromatic carbocycles. The first kappa shape index (κ1) is 22.5. The van der Waals surface area contributed by atoms with Crippen LogP contribution in [0.2, 0.25) is 0 Å². The van der Waals surface area contributed by atoms with Gasteiger partial charge in [-0.05, 0) is 50.5 Å². The van der Waals surface area contributed by atoms with Gasteiger partial charge in [0.1, 0.15) is 12.4 Å². The molecule has 1 heterocycles. The molecule has 0 spiro atoms. The zero-order valence-corrected chi connectivity index (χ0v) is 19.2. The van der Waals surface area contributed by atoms with Crippen LogP contribution in [0.15, 0.2) is 41.8 Å². The maximum Gasteiger partial charge on any atom is 0.344 e. The number of thiazole rings is 1. The zero-order chi connectivity index (χ0) is 22.5. The van der Waals surface area contributed by atoms with Crippen molar-refractivity contribution >= 4 is 34.0 Å². The van der Waals surface area contributed by atoms with Gasteiger partial charge >= 0.3 is 5.97 Å². The van der Waals surface area contributed by atoms with E-state index in [9.17, 15) is 9.59 Å². The minimum atomic E-state index is -0.477. The fraction of sp³-hybridized carbons (Fsp3) is 0.292. The minimum Gasteiger partial charge on any atom is -0.481 e. The Morgan fingerprint density at radius 1 is 1.03 bits per heavy atom. The summed E-state index contributed by atoms with van der Waals surface area (Å²) in [5.41, 5.74) is 5.41. The highest BCUT2D eigenvalue weighted by Gasteiger charge is 2.20. The molecule has 0 aliphatic rings. The number of esters is 1. The van der Waals surface area contributed by atoms with Gasteiger partial charge in [0.2, 0.25) is 5.91 Å². The van der Waals surface area contributed by atoms with Gasteiger partial charge in [0.15, 0.2) is 11.7 Å². The molecule has 0 bridgehead atoms. The molecular weight excluding hydrogens is 412 g/mol. The van der Waals surface area contributed by atoms with Gasteiger partial charge in [0, 0.05) is 12.3 Å². The number of carbonyl (C=O) groups excluding carboxylic acids is 2. The third kappa shape index (κ3) is 5.49. The molecule has 1 amide bonds. The van der Waals surface area contributed by atoms with Crippen LogP contribution in [0.3, 0.4) is 0 Å². The first-order valence-corrected chi connectivity index (χ1v) is 10.8. The summed E-state index contributed by atoms with van der Waals surface area (Å²) in [7, 11) is 0. The number of rotatable bonds is 7. The number of ether oxygens (including phenoxy) is 2. The van der Waals surface area contributed by atoms with Crippen LogP contribution in [-0.2, 0) is 20.9 Å². The van der Waals surface area contributed by atoms with E-state index in [1.165, 1.54) is 18.3 Å². The van der Waals surface area contributed by atoms with E-state index < -0.39 is 5.97 Å². The molecule has 0 saturated carbocycles. The van der Waals surface area contributed by atoms with Gasteiger partial charge < -0.3 is 9.47 Å². The predicted octanol–water partition coefficient (Wildman–Crippen LogP) is 5.18. The number of aryl methyl sites for hydroxylation is 4. The summed E-state index contributed by atoms with van der Waals surface area (Å²) in [5.74, 6) is 0.0859. The number of benzene rings is 2. The van der Waals surface area contributed by atoms with Gasteiger partial charge in [-0.2, -0.15) is 0 Å². The van der Waals surface area contributed by atoms with Gasteiger partial charge in [-0.3, -0.25) is 9.69 Å². The Morgan fingerprint density at radius 2 is 1.74 bits per heavy atom. The van der Waals surface area contributed by atoms with E-state index in [0.717, 1.165) is 27.9 Å². The van der Waals surface area contributed by atoms with E-state index in [2.05, 4.69) is 4.98 Å². The molecule has 162 valence electrons. The average molecular weight is 439 g/mol. The second kappa shape index (κ2) is 9.75. The molecule has 0 atom stereocenters. The highest BCUT2D eigenvalue weighted by molar-refractivity contribution is 7.14. The van der Waals surface area contributed by atoms with Gasteiger partial charge in [-0.25, -0.2) is 9.78 Å². The number of carbonyl (C=O) groups is 2. The average Bonchev–Trinajstić information content (AvgIpc) is 3.16. The largest absolute Gasteiger partial charge is 0.481 e. The fourth-order valence-corrected chi connectivity index (χ4v) is 4.15. The van der Waals surface area contributed by atoms with Crippen LogP contribution in [0.4, 0.5) is 10.8 Å². The van der Waals surface area contributed by atoms with Crippen LogP contribution in [0.5, 0.6) is 5.75 Å². The quantitative estimate of drug-likeness (QED) is 0.475. The predicted molar refractivity (Wildman–Crippen MR) is 122 cm³/mol. The molecule has 1 aromatic heterocycles. The second-order valence-electron chi connectivity index (χ2n) is 7.44. The minimum absolute atomic E-state index is 0.0179. The van der Waals surface area contributed by atoms with Crippen LogP contribution in [0.25, 0.3) is 0 Å². The Hall–Kier alpha value is -3.19. The number of para-hydroxylation sites is 1. The Labute approximate surface area is 186 Å².